The Labute approximate surface area is 122 Å². The molecule has 0 aliphatic rings. The molecular weight excluding hydrogens is 264 g/mol. The maximum atomic E-state index is 10.6. The summed E-state index contributed by atoms with van der Waals surface area (Å²) in [6.45, 7) is 8.38. The first-order valence-corrected chi connectivity index (χ1v) is 10.1. The minimum Gasteiger partial charge on any atom is -0.465 e. The van der Waals surface area contributed by atoms with Crippen molar-refractivity contribution in [3.05, 3.63) is 35.4 Å². The van der Waals surface area contributed by atoms with Crippen LogP contribution in [0, 0.1) is 23.3 Å². The van der Waals surface area contributed by atoms with Crippen molar-refractivity contribution < 1.29 is 9.53 Å². The van der Waals surface area contributed by atoms with E-state index in [0.29, 0.717) is 13.0 Å². The predicted molar refractivity (Wildman–Crippen MR) is 84.8 cm³/mol. The average Bonchev–Trinajstić information content (AvgIpc) is 2.36. The maximum Gasteiger partial charge on any atom is 0.302 e. The summed E-state index contributed by atoms with van der Waals surface area (Å²) in [5.41, 5.74) is 5.25. The van der Waals surface area contributed by atoms with Crippen molar-refractivity contribution in [1.29, 1.82) is 0 Å². The summed E-state index contributed by atoms with van der Waals surface area (Å²) in [5.74, 6) is 9.07. The third-order valence-electron chi connectivity index (χ3n) is 2.25. The molecule has 0 amide bonds. The van der Waals surface area contributed by atoms with Crippen LogP contribution >= 0.6 is 0 Å². The topological polar surface area (TPSA) is 26.3 Å². The van der Waals surface area contributed by atoms with Gasteiger partial charge in [-0.2, -0.15) is 0 Å². The van der Waals surface area contributed by atoms with Gasteiger partial charge in [0.1, 0.15) is 14.7 Å². The number of ether oxygens (including phenoxy) is 1. The molecule has 0 saturated heterocycles. The zero-order valence-corrected chi connectivity index (χ0v) is 13.5. The molecule has 0 spiro atoms. The van der Waals surface area contributed by atoms with Crippen molar-refractivity contribution in [1.82, 2.24) is 0 Å². The normalized spacial score (nSPS) is 9.80. The zero-order chi connectivity index (χ0) is 15.0. The fourth-order valence-corrected chi connectivity index (χ4v) is 1.87. The van der Waals surface area contributed by atoms with Gasteiger partial charge in [-0.15, -0.1) is 5.54 Å². The number of carbonyl (C=O) groups is 1. The SMILES string of the molecule is CC(=O)OCCC#Cc1ccccc1C#C[Si](C)(C)C. The highest BCUT2D eigenvalue weighted by Crippen LogP contribution is 2.07. The molecule has 0 N–H and O–H groups in total. The number of rotatable bonds is 2. The number of esters is 1. The van der Waals surface area contributed by atoms with E-state index in [1.165, 1.54) is 6.92 Å². The Morgan fingerprint density at radius 2 is 1.75 bits per heavy atom. The highest BCUT2D eigenvalue weighted by molar-refractivity contribution is 6.83. The fourth-order valence-electron chi connectivity index (χ4n) is 1.36. The van der Waals surface area contributed by atoms with Crippen LogP contribution in [0.2, 0.25) is 19.6 Å². The third kappa shape index (κ3) is 6.83. The standard InChI is InChI=1S/C17H20O2Si/c1-15(18)19-13-8-7-11-16-9-5-6-10-17(16)12-14-20(2,3)4/h5-6,9-10H,8,13H2,1-4H3. The van der Waals surface area contributed by atoms with E-state index in [1.54, 1.807) is 0 Å². The summed E-state index contributed by atoms with van der Waals surface area (Å²) >= 11 is 0. The van der Waals surface area contributed by atoms with Gasteiger partial charge >= 0.3 is 5.97 Å². The van der Waals surface area contributed by atoms with Crippen molar-refractivity contribution in [2.24, 2.45) is 0 Å². The van der Waals surface area contributed by atoms with E-state index in [0.717, 1.165) is 11.1 Å². The molecule has 0 aliphatic carbocycles. The Morgan fingerprint density at radius 1 is 1.15 bits per heavy atom. The quantitative estimate of drug-likeness (QED) is 0.361. The number of hydrogen-bond acceptors (Lipinski definition) is 2. The average molecular weight is 284 g/mol. The number of carbonyl (C=O) groups excluding carboxylic acids is 1. The molecule has 0 unspecified atom stereocenters. The van der Waals surface area contributed by atoms with Gasteiger partial charge in [-0.1, -0.05) is 49.5 Å². The second kappa shape index (κ2) is 7.58. The molecule has 0 saturated carbocycles. The van der Waals surface area contributed by atoms with Crippen molar-refractivity contribution in [2.75, 3.05) is 6.61 Å². The predicted octanol–water partition coefficient (Wildman–Crippen LogP) is 3.22. The van der Waals surface area contributed by atoms with E-state index in [1.807, 2.05) is 24.3 Å². The smallest absolute Gasteiger partial charge is 0.302 e. The molecule has 0 fully saturated rings. The molecule has 2 nitrogen and oxygen atoms in total. The highest BCUT2D eigenvalue weighted by atomic mass is 28.3. The van der Waals surface area contributed by atoms with Gasteiger partial charge in [0.05, 0.1) is 0 Å². The lowest BCUT2D eigenvalue weighted by Gasteiger charge is -2.04. The van der Waals surface area contributed by atoms with Crippen molar-refractivity contribution in [3.8, 4) is 23.3 Å². The summed E-state index contributed by atoms with van der Waals surface area (Å²) in [7, 11) is -1.39. The van der Waals surface area contributed by atoms with Crippen molar-refractivity contribution in [3.63, 3.8) is 0 Å². The van der Waals surface area contributed by atoms with E-state index in [2.05, 4.69) is 42.9 Å². The van der Waals surface area contributed by atoms with Gasteiger partial charge in [-0.05, 0) is 12.1 Å². The summed E-state index contributed by atoms with van der Waals surface area (Å²) < 4.78 is 4.84. The van der Waals surface area contributed by atoms with Gasteiger partial charge in [-0.25, -0.2) is 0 Å². The molecular formula is C17H20O2Si. The number of benzene rings is 1. The first-order chi connectivity index (χ1) is 9.38. The second-order valence-corrected chi connectivity index (χ2v) is 10.2. The van der Waals surface area contributed by atoms with Crippen molar-refractivity contribution >= 4 is 14.0 Å². The fraction of sp³-hybridized carbons (Fsp3) is 0.353. The monoisotopic (exact) mass is 284 g/mol. The highest BCUT2D eigenvalue weighted by Gasteiger charge is 2.07. The maximum absolute atomic E-state index is 10.6. The van der Waals surface area contributed by atoms with Gasteiger partial charge in [-0.3, -0.25) is 4.79 Å². The third-order valence-corrected chi connectivity index (χ3v) is 3.13. The molecule has 0 aromatic heterocycles. The van der Waals surface area contributed by atoms with Gasteiger partial charge in [0, 0.05) is 24.5 Å². The zero-order valence-electron chi connectivity index (χ0n) is 12.5. The van der Waals surface area contributed by atoms with Crippen LogP contribution in [0.3, 0.4) is 0 Å². The molecule has 0 bridgehead atoms. The lowest BCUT2D eigenvalue weighted by Crippen LogP contribution is -2.16. The summed E-state index contributed by atoms with van der Waals surface area (Å²) in [6, 6.07) is 7.88. The van der Waals surface area contributed by atoms with Gasteiger partial charge in [0.15, 0.2) is 0 Å². The first kappa shape index (κ1) is 16.1. The van der Waals surface area contributed by atoms with Crippen LogP contribution in [-0.2, 0) is 9.53 Å². The Kier molecular flexibility index (Phi) is 6.09. The molecule has 20 heavy (non-hydrogen) atoms. The summed E-state index contributed by atoms with van der Waals surface area (Å²) in [4.78, 5) is 10.6. The Morgan fingerprint density at radius 3 is 2.30 bits per heavy atom. The molecule has 1 rings (SSSR count). The molecule has 0 radical (unpaired) electrons. The minimum absolute atomic E-state index is 0.270. The van der Waals surface area contributed by atoms with Crippen molar-refractivity contribution in [2.45, 2.75) is 33.0 Å². The Balaban J connectivity index is 2.78. The number of hydrogen-bond donors (Lipinski definition) is 0. The summed E-state index contributed by atoms with van der Waals surface area (Å²) in [5, 5.41) is 0. The lowest BCUT2D eigenvalue weighted by atomic mass is 10.1. The summed E-state index contributed by atoms with van der Waals surface area (Å²) in [6.07, 6.45) is 0.537. The van der Waals surface area contributed by atoms with Crippen LogP contribution < -0.4 is 0 Å². The first-order valence-electron chi connectivity index (χ1n) is 6.63. The molecule has 0 heterocycles. The molecule has 3 heteroatoms. The van der Waals surface area contributed by atoms with Crippen LogP contribution in [0.25, 0.3) is 0 Å². The van der Waals surface area contributed by atoms with Crippen LogP contribution in [0.1, 0.15) is 24.5 Å². The molecule has 0 aliphatic heterocycles. The van der Waals surface area contributed by atoms with Crippen LogP contribution in [0.5, 0.6) is 0 Å². The minimum atomic E-state index is -1.39. The molecule has 1 aromatic rings. The second-order valence-electron chi connectivity index (χ2n) is 5.44. The van der Waals surface area contributed by atoms with E-state index < -0.39 is 8.07 Å². The Bertz CT molecular complexity index is 589. The lowest BCUT2D eigenvalue weighted by molar-refractivity contribution is -0.140. The van der Waals surface area contributed by atoms with Gasteiger partial charge < -0.3 is 4.74 Å². The van der Waals surface area contributed by atoms with Gasteiger partial charge in [0.25, 0.3) is 0 Å². The van der Waals surface area contributed by atoms with E-state index in [4.69, 9.17) is 4.74 Å². The molecule has 1 aromatic carbocycles. The largest absolute Gasteiger partial charge is 0.465 e. The van der Waals surface area contributed by atoms with E-state index in [-0.39, 0.29) is 5.97 Å². The van der Waals surface area contributed by atoms with Crippen LogP contribution in [0.4, 0.5) is 0 Å². The van der Waals surface area contributed by atoms with E-state index in [9.17, 15) is 4.79 Å². The molecule has 104 valence electrons. The Hall–Kier alpha value is -1.97. The van der Waals surface area contributed by atoms with Gasteiger partial charge in [0.2, 0.25) is 0 Å². The van der Waals surface area contributed by atoms with E-state index >= 15 is 0 Å². The molecule has 0 atom stereocenters. The van der Waals surface area contributed by atoms with Crippen LogP contribution in [-0.4, -0.2) is 20.7 Å². The van der Waals surface area contributed by atoms with Crippen LogP contribution in [0.15, 0.2) is 24.3 Å².